The molecular formula is C14H30N2O2. The van der Waals surface area contributed by atoms with E-state index in [0.717, 1.165) is 38.8 Å². The number of nitrogens with zero attached hydrogens (tertiary/aromatic N) is 1. The van der Waals surface area contributed by atoms with Gasteiger partial charge in [0.15, 0.2) is 0 Å². The van der Waals surface area contributed by atoms with Crippen molar-refractivity contribution < 1.29 is 9.47 Å². The van der Waals surface area contributed by atoms with Crippen molar-refractivity contribution in [1.29, 1.82) is 0 Å². The molecule has 1 saturated heterocycles. The Morgan fingerprint density at radius 3 is 2.89 bits per heavy atom. The lowest BCUT2D eigenvalue weighted by molar-refractivity contribution is 0.0486. The second kappa shape index (κ2) is 9.73. The van der Waals surface area contributed by atoms with Gasteiger partial charge in [-0.15, -0.1) is 0 Å². The van der Waals surface area contributed by atoms with Gasteiger partial charge in [-0.1, -0.05) is 0 Å². The van der Waals surface area contributed by atoms with Crippen molar-refractivity contribution in [3.63, 3.8) is 0 Å². The van der Waals surface area contributed by atoms with Crippen LogP contribution in [0.4, 0.5) is 0 Å². The molecule has 108 valence electrons. The first kappa shape index (κ1) is 15.9. The van der Waals surface area contributed by atoms with Crippen LogP contribution in [0.3, 0.4) is 0 Å². The van der Waals surface area contributed by atoms with Crippen LogP contribution in [0.5, 0.6) is 0 Å². The van der Waals surface area contributed by atoms with E-state index in [1.54, 1.807) is 7.11 Å². The molecule has 1 N–H and O–H groups in total. The number of nitrogens with one attached hydrogen (secondary N) is 1. The molecule has 0 aliphatic carbocycles. The summed E-state index contributed by atoms with van der Waals surface area (Å²) in [6, 6.07) is 0. The van der Waals surface area contributed by atoms with Crippen LogP contribution in [0, 0.1) is 5.92 Å². The van der Waals surface area contributed by atoms with Crippen LogP contribution in [-0.2, 0) is 9.47 Å². The molecule has 4 heteroatoms. The van der Waals surface area contributed by atoms with Gasteiger partial charge in [0.1, 0.15) is 0 Å². The monoisotopic (exact) mass is 258 g/mol. The Morgan fingerprint density at radius 1 is 1.33 bits per heavy atom. The van der Waals surface area contributed by atoms with Gasteiger partial charge in [-0.3, -0.25) is 0 Å². The molecule has 0 radical (unpaired) electrons. The summed E-state index contributed by atoms with van der Waals surface area (Å²) < 4.78 is 10.7. The lowest BCUT2D eigenvalue weighted by Crippen LogP contribution is -2.41. The summed E-state index contributed by atoms with van der Waals surface area (Å²) in [5, 5.41) is 3.47. The van der Waals surface area contributed by atoms with Gasteiger partial charge in [-0.25, -0.2) is 0 Å². The first-order chi connectivity index (χ1) is 8.72. The van der Waals surface area contributed by atoms with Crippen molar-refractivity contribution in [1.82, 2.24) is 10.2 Å². The molecule has 1 atom stereocenters. The molecule has 18 heavy (non-hydrogen) atoms. The minimum absolute atomic E-state index is 0.348. The van der Waals surface area contributed by atoms with E-state index in [2.05, 4.69) is 24.1 Å². The van der Waals surface area contributed by atoms with Crippen LogP contribution >= 0.6 is 0 Å². The van der Waals surface area contributed by atoms with Crippen LogP contribution < -0.4 is 5.32 Å². The fraction of sp³-hybridized carbons (Fsp3) is 1.00. The van der Waals surface area contributed by atoms with Crippen molar-refractivity contribution in [3.05, 3.63) is 0 Å². The summed E-state index contributed by atoms with van der Waals surface area (Å²) in [7, 11) is 1.75. The third kappa shape index (κ3) is 7.31. The van der Waals surface area contributed by atoms with Crippen LogP contribution in [0.2, 0.25) is 0 Å². The first-order valence-corrected chi connectivity index (χ1v) is 7.26. The molecule has 0 aromatic rings. The van der Waals surface area contributed by atoms with E-state index in [4.69, 9.17) is 9.47 Å². The number of likely N-dealkylation sites (tertiary alicyclic amines) is 1. The Balaban J connectivity index is 2.08. The van der Waals surface area contributed by atoms with E-state index in [9.17, 15) is 0 Å². The number of rotatable bonds is 9. The van der Waals surface area contributed by atoms with Crippen LogP contribution in [0.1, 0.15) is 26.7 Å². The summed E-state index contributed by atoms with van der Waals surface area (Å²) in [5.74, 6) is 0.787. The standard InChI is InChI=1S/C14H30N2O2/c1-13(2)18-10-8-16-7-4-5-14(12-16)11-15-6-9-17-3/h13-15H,4-12H2,1-3H3. The summed E-state index contributed by atoms with van der Waals surface area (Å²) in [6.07, 6.45) is 3.01. The minimum Gasteiger partial charge on any atom is -0.383 e. The van der Waals surface area contributed by atoms with Gasteiger partial charge in [0.2, 0.25) is 0 Å². The number of hydrogen-bond acceptors (Lipinski definition) is 4. The topological polar surface area (TPSA) is 33.7 Å². The Kier molecular flexibility index (Phi) is 8.59. The predicted octanol–water partition coefficient (Wildman–Crippen LogP) is 1.36. The Hall–Kier alpha value is -0.160. The predicted molar refractivity (Wildman–Crippen MR) is 75.0 cm³/mol. The van der Waals surface area contributed by atoms with E-state index < -0.39 is 0 Å². The summed E-state index contributed by atoms with van der Waals surface area (Å²) >= 11 is 0. The highest BCUT2D eigenvalue weighted by molar-refractivity contribution is 4.74. The van der Waals surface area contributed by atoms with Gasteiger partial charge >= 0.3 is 0 Å². The molecule has 1 aliphatic rings. The molecule has 1 aliphatic heterocycles. The Labute approximate surface area is 112 Å². The quantitative estimate of drug-likeness (QED) is 0.633. The van der Waals surface area contributed by atoms with Gasteiger partial charge in [0.05, 0.1) is 19.3 Å². The largest absolute Gasteiger partial charge is 0.383 e. The Morgan fingerprint density at radius 2 is 2.17 bits per heavy atom. The third-order valence-electron chi connectivity index (χ3n) is 3.38. The van der Waals surface area contributed by atoms with Crippen LogP contribution in [0.25, 0.3) is 0 Å². The number of hydrogen-bond donors (Lipinski definition) is 1. The maximum absolute atomic E-state index is 5.62. The zero-order valence-electron chi connectivity index (χ0n) is 12.3. The highest BCUT2D eigenvalue weighted by atomic mass is 16.5. The van der Waals surface area contributed by atoms with E-state index in [1.807, 2.05) is 0 Å². The molecule has 1 heterocycles. The molecule has 0 aromatic carbocycles. The fourth-order valence-electron chi connectivity index (χ4n) is 2.42. The van der Waals surface area contributed by atoms with Crippen molar-refractivity contribution in [2.45, 2.75) is 32.8 Å². The SMILES string of the molecule is COCCNCC1CCCN(CCOC(C)C)C1. The summed E-state index contributed by atoms with van der Waals surface area (Å²) in [6.45, 7) is 11.5. The molecule has 4 nitrogen and oxygen atoms in total. The molecule has 0 saturated carbocycles. The van der Waals surface area contributed by atoms with E-state index in [0.29, 0.717) is 6.10 Å². The summed E-state index contributed by atoms with van der Waals surface area (Å²) in [4.78, 5) is 2.54. The number of piperidine rings is 1. The van der Waals surface area contributed by atoms with E-state index in [-0.39, 0.29) is 0 Å². The van der Waals surface area contributed by atoms with Gasteiger partial charge in [-0.05, 0) is 45.7 Å². The fourth-order valence-corrected chi connectivity index (χ4v) is 2.42. The zero-order chi connectivity index (χ0) is 13.2. The molecule has 0 amide bonds. The second-order valence-corrected chi connectivity index (χ2v) is 5.43. The van der Waals surface area contributed by atoms with Gasteiger partial charge in [0.25, 0.3) is 0 Å². The molecule has 1 unspecified atom stereocenters. The first-order valence-electron chi connectivity index (χ1n) is 7.26. The number of methoxy groups -OCH3 is 1. The average Bonchev–Trinajstić information content (AvgIpc) is 2.35. The van der Waals surface area contributed by atoms with Crippen molar-refractivity contribution in [3.8, 4) is 0 Å². The van der Waals surface area contributed by atoms with Crippen LogP contribution in [-0.4, -0.2) is 64.1 Å². The van der Waals surface area contributed by atoms with Crippen LogP contribution in [0.15, 0.2) is 0 Å². The molecule has 1 rings (SSSR count). The average molecular weight is 258 g/mol. The zero-order valence-corrected chi connectivity index (χ0v) is 12.3. The van der Waals surface area contributed by atoms with E-state index in [1.165, 1.54) is 25.9 Å². The minimum atomic E-state index is 0.348. The second-order valence-electron chi connectivity index (χ2n) is 5.43. The van der Waals surface area contributed by atoms with Gasteiger partial charge < -0.3 is 19.7 Å². The molecular weight excluding hydrogens is 228 g/mol. The van der Waals surface area contributed by atoms with Crippen molar-refractivity contribution in [2.24, 2.45) is 5.92 Å². The highest BCUT2D eigenvalue weighted by Gasteiger charge is 2.19. The normalized spacial score (nSPS) is 21.7. The Bertz CT molecular complexity index is 200. The molecule has 0 bridgehead atoms. The summed E-state index contributed by atoms with van der Waals surface area (Å²) in [5.41, 5.74) is 0. The molecule has 0 aromatic heterocycles. The number of ether oxygens (including phenoxy) is 2. The maximum atomic E-state index is 5.62. The third-order valence-corrected chi connectivity index (χ3v) is 3.38. The maximum Gasteiger partial charge on any atom is 0.0596 e. The molecule has 0 spiro atoms. The molecule has 1 fully saturated rings. The lowest BCUT2D eigenvalue weighted by atomic mass is 9.98. The smallest absolute Gasteiger partial charge is 0.0596 e. The highest BCUT2D eigenvalue weighted by Crippen LogP contribution is 2.15. The van der Waals surface area contributed by atoms with E-state index >= 15 is 0 Å². The lowest BCUT2D eigenvalue weighted by Gasteiger charge is -2.33. The van der Waals surface area contributed by atoms with Crippen molar-refractivity contribution >= 4 is 0 Å². The van der Waals surface area contributed by atoms with Crippen molar-refractivity contribution in [2.75, 3.05) is 53.0 Å². The van der Waals surface area contributed by atoms with Gasteiger partial charge in [-0.2, -0.15) is 0 Å². The van der Waals surface area contributed by atoms with Gasteiger partial charge in [0, 0.05) is 26.7 Å².